The molecule has 0 aromatic heterocycles. The Morgan fingerprint density at radius 2 is 1.19 bits per heavy atom. The average Bonchev–Trinajstić information content (AvgIpc) is 2.45. The van der Waals surface area contributed by atoms with Gasteiger partial charge in [0.15, 0.2) is 0 Å². The number of fused-ring (bicyclic) bond motifs is 1. The summed E-state index contributed by atoms with van der Waals surface area (Å²) in [4.78, 5) is 52.5. The molecule has 106 valence electrons. The van der Waals surface area contributed by atoms with Crippen molar-refractivity contribution >= 4 is 47.4 Å². The van der Waals surface area contributed by atoms with Gasteiger partial charge in [0.25, 0.3) is 23.6 Å². The molecule has 0 fully saturated rings. The second-order valence-electron chi connectivity index (χ2n) is 4.00. The highest BCUT2D eigenvalue weighted by atomic mass is 16.2. The molecule has 1 aromatic carbocycles. The molecular formula is C13H10N4O4. The third kappa shape index (κ3) is 4.16. The van der Waals surface area contributed by atoms with Gasteiger partial charge in [0.2, 0.25) is 0 Å². The molecule has 8 nitrogen and oxygen atoms in total. The average molecular weight is 286 g/mol. The zero-order valence-corrected chi connectivity index (χ0v) is 10.7. The van der Waals surface area contributed by atoms with Crippen molar-refractivity contribution in [2.45, 2.75) is 6.42 Å². The van der Waals surface area contributed by atoms with Crippen molar-refractivity contribution in [3.8, 4) is 0 Å². The molecule has 1 aromatic rings. The smallest absolute Gasteiger partial charge is 0.266 e. The molecule has 0 radical (unpaired) electrons. The van der Waals surface area contributed by atoms with Gasteiger partial charge in [-0.15, -0.1) is 0 Å². The minimum atomic E-state index is -0.819. The molecule has 4 amide bonds. The number of nitrogens with one attached hydrogen (secondary N) is 2. The van der Waals surface area contributed by atoms with Gasteiger partial charge in [0, 0.05) is 0 Å². The molecule has 0 unspecified atom stereocenters. The Morgan fingerprint density at radius 3 is 1.62 bits per heavy atom. The molecule has 21 heavy (non-hydrogen) atoms. The van der Waals surface area contributed by atoms with Crippen LogP contribution in [0.4, 0.5) is 11.4 Å². The van der Waals surface area contributed by atoms with Crippen LogP contribution in [0.3, 0.4) is 0 Å². The number of amides is 4. The lowest BCUT2D eigenvalue weighted by Gasteiger charge is -2.09. The first kappa shape index (κ1) is 14.3. The molecule has 0 spiro atoms. The first-order chi connectivity index (χ1) is 10.0. The topological polar surface area (TPSA) is 117 Å². The van der Waals surface area contributed by atoms with Crippen LogP contribution < -0.4 is 10.6 Å². The van der Waals surface area contributed by atoms with E-state index in [-0.39, 0.29) is 0 Å². The number of anilines is 2. The van der Waals surface area contributed by atoms with E-state index >= 15 is 0 Å². The standard InChI is InChI=1S/C13H10N4O4/c18-10-5-11(19)15-7-13(21)17-9-4-2-1-3-8(9)16-12(20)6-14-10/h1-4,6-7H,5H2,(H,16,20)(H,17,21). The molecule has 2 rings (SSSR count). The Kier molecular flexibility index (Phi) is 4.30. The van der Waals surface area contributed by atoms with Crippen molar-refractivity contribution in [1.29, 1.82) is 0 Å². The van der Waals surface area contributed by atoms with E-state index < -0.39 is 30.0 Å². The van der Waals surface area contributed by atoms with Crippen LogP contribution in [0.2, 0.25) is 0 Å². The van der Waals surface area contributed by atoms with Gasteiger partial charge >= 0.3 is 0 Å². The molecule has 0 saturated carbocycles. The zero-order chi connectivity index (χ0) is 15.2. The summed E-state index contributed by atoms with van der Waals surface area (Å²) in [6, 6.07) is 6.43. The Balaban J connectivity index is 2.35. The van der Waals surface area contributed by atoms with E-state index in [1.807, 2.05) is 0 Å². The van der Waals surface area contributed by atoms with Crippen LogP contribution in [-0.4, -0.2) is 36.1 Å². The number of carbonyl (C=O) groups is 4. The Morgan fingerprint density at radius 1 is 0.762 bits per heavy atom. The number of hydrogen-bond acceptors (Lipinski definition) is 4. The Hall–Kier alpha value is -3.16. The number of nitrogens with zero attached hydrogens (tertiary/aromatic N) is 2. The predicted octanol–water partition coefficient (Wildman–Crippen LogP) is 0.162. The summed E-state index contributed by atoms with van der Waals surface area (Å²) in [7, 11) is 0. The van der Waals surface area contributed by atoms with Crippen LogP contribution in [0.1, 0.15) is 6.42 Å². The maximum absolute atomic E-state index is 11.6. The lowest BCUT2D eigenvalue weighted by Crippen LogP contribution is -2.17. The molecule has 1 aliphatic rings. The van der Waals surface area contributed by atoms with Crippen LogP contribution in [-0.2, 0) is 19.2 Å². The third-order valence-corrected chi connectivity index (χ3v) is 2.40. The predicted molar refractivity (Wildman–Crippen MR) is 75.3 cm³/mol. The van der Waals surface area contributed by atoms with Crippen molar-refractivity contribution < 1.29 is 19.2 Å². The quantitative estimate of drug-likeness (QED) is 0.660. The Labute approximate surface area is 119 Å². The van der Waals surface area contributed by atoms with Crippen LogP contribution in [0.25, 0.3) is 0 Å². The number of carbonyl (C=O) groups excluding carboxylic acids is 4. The first-order valence-corrected chi connectivity index (χ1v) is 5.89. The molecule has 0 atom stereocenters. The third-order valence-electron chi connectivity index (χ3n) is 2.40. The number of hydrogen-bond donors (Lipinski definition) is 2. The molecule has 0 saturated heterocycles. The SMILES string of the molecule is O=C1CC(=O)N=CC(=O)Nc2ccccc2NC(=O)C=N1. The van der Waals surface area contributed by atoms with Gasteiger partial charge in [-0.05, 0) is 12.1 Å². The van der Waals surface area contributed by atoms with Crippen molar-refractivity contribution in [1.82, 2.24) is 0 Å². The van der Waals surface area contributed by atoms with Crippen molar-refractivity contribution in [3.63, 3.8) is 0 Å². The summed E-state index contributed by atoms with van der Waals surface area (Å²) in [5, 5.41) is 4.93. The van der Waals surface area contributed by atoms with Crippen molar-refractivity contribution in [2.24, 2.45) is 9.98 Å². The maximum Gasteiger partial charge on any atom is 0.266 e. The van der Waals surface area contributed by atoms with E-state index in [0.717, 1.165) is 12.4 Å². The molecule has 0 aliphatic carbocycles. The lowest BCUT2D eigenvalue weighted by molar-refractivity contribution is -0.126. The fraction of sp³-hybridized carbons (Fsp3) is 0.0769. The summed E-state index contributed by atoms with van der Waals surface area (Å²) in [5.74, 6) is -2.95. The van der Waals surface area contributed by atoms with E-state index in [4.69, 9.17) is 0 Å². The van der Waals surface area contributed by atoms with Crippen LogP contribution in [0, 0.1) is 0 Å². The summed E-state index contributed by atoms with van der Waals surface area (Å²) < 4.78 is 0. The monoisotopic (exact) mass is 286 g/mol. The number of benzene rings is 1. The van der Waals surface area contributed by atoms with Gasteiger partial charge in [-0.25, -0.2) is 9.98 Å². The fourth-order valence-corrected chi connectivity index (χ4v) is 1.51. The number of rotatable bonds is 0. The molecule has 8 heteroatoms. The van der Waals surface area contributed by atoms with Crippen LogP contribution in [0.15, 0.2) is 34.3 Å². The molecule has 2 N–H and O–H groups in total. The number of aliphatic imine (C=N–C) groups is 2. The van der Waals surface area contributed by atoms with Gasteiger partial charge in [0.1, 0.15) is 6.42 Å². The van der Waals surface area contributed by atoms with Gasteiger partial charge < -0.3 is 10.6 Å². The maximum atomic E-state index is 11.6. The van der Waals surface area contributed by atoms with Crippen LogP contribution in [0.5, 0.6) is 0 Å². The highest BCUT2D eigenvalue weighted by Gasteiger charge is 2.11. The van der Waals surface area contributed by atoms with Crippen LogP contribution >= 0.6 is 0 Å². The minimum Gasteiger partial charge on any atom is -0.319 e. The summed E-state index contributed by atoms with van der Waals surface area (Å²) in [6.45, 7) is 0. The second-order valence-corrected chi connectivity index (χ2v) is 4.00. The van der Waals surface area contributed by atoms with E-state index in [1.54, 1.807) is 24.3 Å². The van der Waals surface area contributed by atoms with Gasteiger partial charge in [-0.1, -0.05) is 12.1 Å². The van der Waals surface area contributed by atoms with E-state index in [0.29, 0.717) is 11.4 Å². The molecule has 1 heterocycles. The van der Waals surface area contributed by atoms with Gasteiger partial charge in [0.05, 0.1) is 23.8 Å². The normalized spacial score (nSPS) is 16.2. The molecular weight excluding hydrogens is 276 g/mol. The second kappa shape index (κ2) is 6.33. The van der Waals surface area contributed by atoms with Crippen molar-refractivity contribution in [3.05, 3.63) is 24.3 Å². The van der Waals surface area contributed by atoms with E-state index in [1.165, 1.54) is 0 Å². The molecule has 1 aliphatic heterocycles. The van der Waals surface area contributed by atoms with Crippen molar-refractivity contribution in [2.75, 3.05) is 10.6 Å². The molecule has 0 bridgehead atoms. The fourth-order valence-electron chi connectivity index (χ4n) is 1.51. The highest BCUT2D eigenvalue weighted by Crippen LogP contribution is 2.20. The summed E-state index contributed by atoms with van der Waals surface area (Å²) >= 11 is 0. The first-order valence-electron chi connectivity index (χ1n) is 5.89. The van der Waals surface area contributed by atoms with E-state index in [2.05, 4.69) is 20.6 Å². The summed E-state index contributed by atoms with van der Waals surface area (Å²) in [5.41, 5.74) is 0.655. The van der Waals surface area contributed by atoms with E-state index in [9.17, 15) is 19.2 Å². The minimum absolute atomic E-state index is 0.328. The lowest BCUT2D eigenvalue weighted by atomic mass is 10.2. The van der Waals surface area contributed by atoms with Gasteiger partial charge in [-0.2, -0.15) is 0 Å². The van der Waals surface area contributed by atoms with Gasteiger partial charge in [-0.3, -0.25) is 19.2 Å². The largest absolute Gasteiger partial charge is 0.319 e. The Bertz CT molecular complexity index is 622. The number of para-hydroxylation sites is 2. The highest BCUT2D eigenvalue weighted by molar-refractivity contribution is 6.36. The zero-order valence-electron chi connectivity index (χ0n) is 10.7. The summed E-state index contributed by atoms with van der Waals surface area (Å²) in [6.07, 6.45) is 0.937.